The van der Waals surface area contributed by atoms with Gasteiger partial charge in [-0.3, -0.25) is 14.5 Å². The Bertz CT molecular complexity index is 844. The number of amides is 2. The number of rotatable bonds is 8. The van der Waals surface area contributed by atoms with E-state index in [-0.39, 0.29) is 25.0 Å². The van der Waals surface area contributed by atoms with Crippen molar-refractivity contribution in [1.82, 2.24) is 5.32 Å². The molecule has 3 aromatic rings. The van der Waals surface area contributed by atoms with E-state index in [1.54, 1.807) is 4.90 Å². The maximum atomic E-state index is 12.8. The standard InChI is InChI=1S/C23H22N2O3/c26-22(24-16-19-10-4-1-5-11-19)17-28-18-23(27)25(20-12-6-2-7-13-20)21-14-8-3-9-15-21/h1-15H,16-18H2,(H,24,26). The molecule has 0 saturated carbocycles. The molecule has 3 rings (SSSR count). The van der Waals surface area contributed by atoms with Crippen molar-refractivity contribution in [2.45, 2.75) is 6.54 Å². The van der Waals surface area contributed by atoms with E-state index in [1.807, 2.05) is 91.0 Å². The number of nitrogens with zero attached hydrogens (tertiary/aromatic N) is 1. The van der Waals surface area contributed by atoms with Gasteiger partial charge >= 0.3 is 0 Å². The van der Waals surface area contributed by atoms with E-state index >= 15 is 0 Å². The third-order valence-electron chi connectivity index (χ3n) is 4.07. The summed E-state index contributed by atoms with van der Waals surface area (Å²) in [6, 6.07) is 28.3. The Morgan fingerprint density at radius 1 is 0.714 bits per heavy atom. The number of hydrogen-bond donors (Lipinski definition) is 1. The summed E-state index contributed by atoms with van der Waals surface area (Å²) in [6.45, 7) is 0.0652. The highest BCUT2D eigenvalue weighted by molar-refractivity contribution is 6.01. The predicted molar refractivity (Wildman–Crippen MR) is 109 cm³/mol. The molecule has 0 aliphatic carbocycles. The van der Waals surface area contributed by atoms with Crippen LogP contribution >= 0.6 is 0 Å². The second kappa shape index (κ2) is 10.0. The number of para-hydroxylation sites is 2. The molecule has 28 heavy (non-hydrogen) atoms. The van der Waals surface area contributed by atoms with Crippen LogP contribution in [0.25, 0.3) is 0 Å². The third kappa shape index (κ3) is 5.53. The van der Waals surface area contributed by atoms with Gasteiger partial charge in [-0.15, -0.1) is 0 Å². The molecule has 0 unspecified atom stereocenters. The van der Waals surface area contributed by atoms with Gasteiger partial charge in [-0.05, 0) is 29.8 Å². The summed E-state index contributed by atoms with van der Waals surface area (Å²) in [6.07, 6.45) is 0. The molecule has 0 radical (unpaired) electrons. The molecule has 0 saturated heterocycles. The summed E-state index contributed by atoms with van der Waals surface area (Å²) in [5, 5.41) is 2.78. The van der Waals surface area contributed by atoms with Crippen molar-refractivity contribution in [2.24, 2.45) is 0 Å². The Kier molecular flexibility index (Phi) is 6.93. The zero-order valence-electron chi connectivity index (χ0n) is 15.5. The van der Waals surface area contributed by atoms with Crippen LogP contribution in [0.5, 0.6) is 0 Å². The highest BCUT2D eigenvalue weighted by Crippen LogP contribution is 2.24. The van der Waals surface area contributed by atoms with Crippen LogP contribution in [0.1, 0.15) is 5.56 Å². The molecule has 3 aromatic carbocycles. The molecular formula is C23H22N2O3. The van der Waals surface area contributed by atoms with Gasteiger partial charge in [0.2, 0.25) is 5.91 Å². The van der Waals surface area contributed by atoms with Gasteiger partial charge in [0, 0.05) is 17.9 Å². The molecule has 0 bridgehead atoms. The van der Waals surface area contributed by atoms with E-state index < -0.39 is 0 Å². The van der Waals surface area contributed by atoms with Crippen LogP contribution < -0.4 is 10.2 Å². The molecule has 0 atom stereocenters. The average molecular weight is 374 g/mol. The average Bonchev–Trinajstić information content (AvgIpc) is 2.75. The van der Waals surface area contributed by atoms with Gasteiger partial charge < -0.3 is 10.1 Å². The predicted octanol–water partition coefficient (Wildman–Crippen LogP) is 3.68. The van der Waals surface area contributed by atoms with Crippen LogP contribution in [0.3, 0.4) is 0 Å². The monoisotopic (exact) mass is 374 g/mol. The first-order valence-corrected chi connectivity index (χ1v) is 9.05. The van der Waals surface area contributed by atoms with Crippen LogP contribution in [-0.4, -0.2) is 25.0 Å². The second-order valence-electron chi connectivity index (χ2n) is 6.16. The van der Waals surface area contributed by atoms with Gasteiger partial charge in [0.15, 0.2) is 0 Å². The van der Waals surface area contributed by atoms with Crippen LogP contribution in [0.15, 0.2) is 91.0 Å². The summed E-state index contributed by atoms with van der Waals surface area (Å²) >= 11 is 0. The van der Waals surface area contributed by atoms with Crippen molar-refractivity contribution >= 4 is 23.2 Å². The minimum absolute atomic E-state index is 0.171. The molecule has 5 nitrogen and oxygen atoms in total. The van der Waals surface area contributed by atoms with Gasteiger partial charge in [0.25, 0.3) is 5.91 Å². The third-order valence-corrected chi connectivity index (χ3v) is 4.07. The minimum atomic E-state index is -0.261. The van der Waals surface area contributed by atoms with Gasteiger partial charge in [-0.2, -0.15) is 0 Å². The SMILES string of the molecule is O=C(COCC(=O)N(c1ccccc1)c1ccccc1)NCc1ccccc1. The lowest BCUT2D eigenvalue weighted by Crippen LogP contribution is -2.32. The van der Waals surface area contributed by atoms with E-state index in [1.165, 1.54) is 0 Å². The maximum Gasteiger partial charge on any atom is 0.257 e. The maximum absolute atomic E-state index is 12.8. The number of ether oxygens (including phenoxy) is 1. The Labute approximate surface area is 164 Å². The van der Waals surface area contributed by atoms with Crippen LogP contribution in [0.2, 0.25) is 0 Å². The van der Waals surface area contributed by atoms with Crippen molar-refractivity contribution < 1.29 is 14.3 Å². The van der Waals surface area contributed by atoms with E-state index in [9.17, 15) is 9.59 Å². The molecule has 0 aromatic heterocycles. The van der Waals surface area contributed by atoms with Crippen molar-refractivity contribution in [1.29, 1.82) is 0 Å². The van der Waals surface area contributed by atoms with Crippen LogP contribution in [0, 0.1) is 0 Å². The summed E-state index contributed by atoms with van der Waals surface area (Å²) < 4.78 is 5.37. The number of benzene rings is 3. The lowest BCUT2D eigenvalue weighted by atomic mass is 10.2. The van der Waals surface area contributed by atoms with Crippen molar-refractivity contribution in [2.75, 3.05) is 18.1 Å². The molecular weight excluding hydrogens is 352 g/mol. The van der Waals surface area contributed by atoms with Crippen molar-refractivity contribution in [3.05, 3.63) is 96.6 Å². The number of carbonyl (C=O) groups excluding carboxylic acids is 2. The van der Waals surface area contributed by atoms with E-state index in [4.69, 9.17) is 4.74 Å². The van der Waals surface area contributed by atoms with E-state index in [0.717, 1.165) is 16.9 Å². The summed E-state index contributed by atoms with van der Waals surface area (Å²) in [4.78, 5) is 26.3. The highest BCUT2D eigenvalue weighted by Gasteiger charge is 2.18. The molecule has 0 aliphatic heterocycles. The Morgan fingerprint density at radius 3 is 1.75 bits per heavy atom. The van der Waals surface area contributed by atoms with E-state index in [0.29, 0.717) is 6.54 Å². The molecule has 0 spiro atoms. The van der Waals surface area contributed by atoms with Gasteiger partial charge in [-0.1, -0.05) is 66.7 Å². The number of anilines is 2. The molecule has 2 amide bonds. The summed E-state index contributed by atoms with van der Waals surface area (Å²) in [5.41, 5.74) is 2.50. The zero-order valence-corrected chi connectivity index (χ0v) is 15.5. The molecule has 0 fully saturated rings. The van der Waals surface area contributed by atoms with Gasteiger partial charge in [0.1, 0.15) is 13.2 Å². The first-order chi connectivity index (χ1) is 13.7. The molecule has 142 valence electrons. The van der Waals surface area contributed by atoms with Gasteiger partial charge in [0.05, 0.1) is 0 Å². The fraction of sp³-hybridized carbons (Fsp3) is 0.130. The first-order valence-electron chi connectivity index (χ1n) is 9.05. The number of nitrogens with one attached hydrogen (secondary N) is 1. The lowest BCUT2D eigenvalue weighted by molar-refractivity contribution is -0.129. The molecule has 0 aliphatic rings. The van der Waals surface area contributed by atoms with E-state index in [2.05, 4.69) is 5.32 Å². The fourth-order valence-corrected chi connectivity index (χ4v) is 2.73. The van der Waals surface area contributed by atoms with Crippen molar-refractivity contribution in [3.8, 4) is 0 Å². The molecule has 1 N–H and O–H groups in total. The first kappa shape index (κ1) is 19.3. The highest BCUT2D eigenvalue weighted by atomic mass is 16.5. The minimum Gasteiger partial charge on any atom is -0.362 e. The summed E-state index contributed by atoms with van der Waals surface area (Å²) in [5.74, 6) is -0.504. The molecule has 5 heteroatoms. The Morgan fingerprint density at radius 2 is 1.21 bits per heavy atom. The summed E-state index contributed by atoms with van der Waals surface area (Å²) in [7, 11) is 0. The topological polar surface area (TPSA) is 58.6 Å². The lowest BCUT2D eigenvalue weighted by Gasteiger charge is -2.23. The Balaban J connectivity index is 1.55. The van der Waals surface area contributed by atoms with Crippen molar-refractivity contribution in [3.63, 3.8) is 0 Å². The smallest absolute Gasteiger partial charge is 0.257 e. The molecule has 0 heterocycles. The number of carbonyl (C=O) groups is 2. The normalized spacial score (nSPS) is 10.3. The zero-order chi connectivity index (χ0) is 19.6. The van der Waals surface area contributed by atoms with Crippen LogP contribution in [-0.2, 0) is 20.9 Å². The largest absolute Gasteiger partial charge is 0.362 e. The fourth-order valence-electron chi connectivity index (χ4n) is 2.73. The van der Waals surface area contributed by atoms with Crippen LogP contribution in [0.4, 0.5) is 11.4 Å². The quantitative estimate of drug-likeness (QED) is 0.654. The Hall–Kier alpha value is -3.44. The second-order valence-corrected chi connectivity index (χ2v) is 6.16. The number of hydrogen-bond acceptors (Lipinski definition) is 3. The van der Waals surface area contributed by atoms with Gasteiger partial charge in [-0.25, -0.2) is 0 Å².